The Balaban J connectivity index is 1.86. The van der Waals surface area contributed by atoms with Crippen molar-refractivity contribution in [3.05, 3.63) is 101 Å². The highest BCUT2D eigenvalue weighted by Gasteiger charge is 2.11. The van der Waals surface area contributed by atoms with Crippen LogP contribution < -0.4 is 0 Å². The summed E-state index contributed by atoms with van der Waals surface area (Å²) in [6.45, 7) is 0. The van der Waals surface area contributed by atoms with E-state index in [9.17, 15) is 10.1 Å². The van der Waals surface area contributed by atoms with Crippen molar-refractivity contribution in [1.82, 2.24) is 9.97 Å². The Bertz CT molecular complexity index is 1020. The van der Waals surface area contributed by atoms with Gasteiger partial charge in [0.25, 0.3) is 5.69 Å². The summed E-state index contributed by atoms with van der Waals surface area (Å²) in [6, 6.07) is 27.9. The molecule has 0 atom stereocenters. The third kappa shape index (κ3) is 3.57. The zero-order valence-corrected chi connectivity index (χ0v) is 14.3. The van der Waals surface area contributed by atoms with Crippen LogP contribution in [0.15, 0.2) is 91.0 Å². The third-order valence-electron chi connectivity index (χ3n) is 4.20. The van der Waals surface area contributed by atoms with Crippen molar-refractivity contribution in [2.24, 2.45) is 0 Å². The van der Waals surface area contributed by atoms with Gasteiger partial charge in [0.2, 0.25) is 0 Å². The van der Waals surface area contributed by atoms with Crippen LogP contribution in [-0.2, 0) is 0 Å². The summed E-state index contributed by atoms with van der Waals surface area (Å²) in [6.07, 6.45) is 0. The highest BCUT2D eigenvalue weighted by molar-refractivity contribution is 5.72. The Morgan fingerprint density at radius 1 is 0.630 bits per heavy atom. The first kappa shape index (κ1) is 16.6. The van der Waals surface area contributed by atoms with E-state index in [0.29, 0.717) is 5.82 Å². The molecular weight excluding hydrogens is 338 g/mol. The average Bonchev–Trinajstić information content (AvgIpc) is 2.75. The fourth-order valence-corrected chi connectivity index (χ4v) is 2.82. The van der Waals surface area contributed by atoms with Crippen molar-refractivity contribution >= 4 is 5.69 Å². The summed E-state index contributed by atoms with van der Waals surface area (Å²) in [7, 11) is 0. The number of nitro benzene ring substituents is 1. The first-order valence-corrected chi connectivity index (χ1v) is 8.45. The maximum absolute atomic E-state index is 10.9. The third-order valence-corrected chi connectivity index (χ3v) is 4.20. The number of hydrogen-bond donors (Lipinski definition) is 0. The first-order chi connectivity index (χ1) is 13.2. The summed E-state index contributed by atoms with van der Waals surface area (Å²) < 4.78 is 0. The minimum absolute atomic E-state index is 0.0550. The lowest BCUT2D eigenvalue weighted by Gasteiger charge is -2.09. The van der Waals surface area contributed by atoms with E-state index in [2.05, 4.69) is 0 Å². The molecule has 1 heterocycles. The summed E-state index contributed by atoms with van der Waals surface area (Å²) in [5, 5.41) is 10.9. The molecule has 0 N–H and O–H groups in total. The quantitative estimate of drug-likeness (QED) is 0.364. The smallest absolute Gasteiger partial charge is 0.258 e. The van der Waals surface area contributed by atoms with Crippen LogP contribution in [0.3, 0.4) is 0 Å². The van der Waals surface area contributed by atoms with Crippen LogP contribution in [0.25, 0.3) is 33.9 Å². The molecule has 4 aromatic rings. The maximum atomic E-state index is 10.9. The molecule has 0 aliphatic heterocycles. The monoisotopic (exact) mass is 353 g/mol. The number of nitro groups is 1. The van der Waals surface area contributed by atoms with E-state index in [0.717, 1.165) is 28.1 Å². The van der Waals surface area contributed by atoms with Crippen LogP contribution >= 0.6 is 0 Å². The number of non-ortho nitro benzene ring substituents is 1. The van der Waals surface area contributed by atoms with Crippen molar-refractivity contribution in [1.29, 1.82) is 0 Å². The molecule has 0 saturated heterocycles. The fraction of sp³-hybridized carbons (Fsp3) is 0. The lowest BCUT2D eigenvalue weighted by Crippen LogP contribution is -1.96. The molecule has 0 aliphatic rings. The van der Waals surface area contributed by atoms with Gasteiger partial charge in [0.15, 0.2) is 5.82 Å². The van der Waals surface area contributed by atoms with Crippen molar-refractivity contribution in [3.63, 3.8) is 0 Å². The molecule has 3 aromatic carbocycles. The van der Waals surface area contributed by atoms with E-state index in [-0.39, 0.29) is 5.69 Å². The van der Waals surface area contributed by atoms with E-state index in [1.54, 1.807) is 12.1 Å². The van der Waals surface area contributed by atoms with Gasteiger partial charge in [0.1, 0.15) is 0 Å². The van der Waals surface area contributed by atoms with E-state index in [1.165, 1.54) is 12.1 Å². The van der Waals surface area contributed by atoms with Gasteiger partial charge in [-0.15, -0.1) is 0 Å². The molecule has 0 unspecified atom stereocenters. The second-order valence-electron chi connectivity index (χ2n) is 6.00. The van der Waals surface area contributed by atoms with Gasteiger partial charge in [0, 0.05) is 28.8 Å². The highest BCUT2D eigenvalue weighted by atomic mass is 16.6. The predicted octanol–water partition coefficient (Wildman–Crippen LogP) is 5.39. The molecule has 0 aliphatic carbocycles. The summed E-state index contributed by atoms with van der Waals surface area (Å²) >= 11 is 0. The second kappa shape index (κ2) is 7.17. The van der Waals surface area contributed by atoms with Gasteiger partial charge in [-0.05, 0) is 18.2 Å². The van der Waals surface area contributed by atoms with Crippen LogP contribution in [0.5, 0.6) is 0 Å². The van der Waals surface area contributed by atoms with Crippen LogP contribution in [0.2, 0.25) is 0 Å². The fourth-order valence-electron chi connectivity index (χ4n) is 2.82. The number of rotatable bonds is 4. The van der Waals surface area contributed by atoms with Crippen LogP contribution in [0.4, 0.5) is 5.69 Å². The Hall–Kier alpha value is -3.86. The minimum Gasteiger partial charge on any atom is -0.258 e. The maximum Gasteiger partial charge on any atom is 0.269 e. The van der Waals surface area contributed by atoms with E-state index in [4.69, 9.17) is 9.97 Å². The normalized spacial score (nSPS) is 10.5. The lowest BCUT2D eigenvalue weighted by atomic mass is 10.1. The Morgan fingerprint density at radius 2 is 1.11 bits per heavy atom. The van der Waals surface area contributed by atoms with Gasteiger partial charge in [-0.2, -0.15) is 0 Å². The first-order valence-electron chi connectivity index (χ1n) is 8.45. The molecule has 130 valence electrons. The average molecular weight is 353 g/mol. The Labute approximate surface area is 156 Å². The summed E-state index contributed by atoms with van der Waals surface area (Å²) in [5.74, 6) is 0.616. The molecule has 5 heteroatoms. The number of hydrogen-bond acceptors (Lipinski definition) is 4. The van der Waals surface area contributed by atoms with E-state index < -0.39 is 4.92 Å². The van der Waals surface area contributed by atoms with Gasteiger partial charge in [0.05, 0.1) is 16.3 Å². The topological polar surface area (TPSA) is 68.9 Å². The van der Waals surface area contributed by atoms with E-state index in [1.807, 2.05) is 66.7 Å². The van der Waals surface area contributed by atoms with Gasteiger partial charge in [-0.25, -0.2) is 9.97 Å². The van der Waals surface area contributed by atoms with Crippen molar-refractivity contribution in [3.8, 4) is 33.9 Å². The molecule has 4 rings (SSSR count). The van der Waals surface area contributed by atoms with Crippen LogP contribution in [0, 0.1) is 10.1 Å². The lowest BCUT2D eigenvalue weighted by molar-refractivity contribution is -0.384. The van der Waals surface area contributed by atoms with Crippen LogP contribution in [0.1, 0.15) is 0 Å². The van der Waals surface area contributed by atoms with Crippen molar-refractivity contribution < 1.29 is 4.92 Å². The van der Waals surface area contributed by atoms with Gasteiger partial charge in [-0.3, -0.25) is 10.1 Å². The van der Waals surface area contributed by atoms with Crippen LogP contribution in [-0.4, -0.2) is 14.9 Å². The van der Waals surface area contributed by atoms with E-state index >= 15 is 0 Å². The molecule has 0 radical (unpaired) electrons. The molecule has 27 heavy (non-hydrogen) atoms. The molecule has 5 nitrogen and oxygen atoms in total. The molecule has 0 bridgehead atoms. The summed E-state index contributed by atoms with van der Waals surface area (Å²) in [5.41, 5.74) is 4.28. The molecule has 0 saturated carbocycles. The zero-order chi connectivity index (χ0) is 18.6. The zero-order valence-electron chi connectivity index (χ0n) is 14.3. The molecule has 1 aromatic heterocycles. The highest BCUT2D eigenvalue weighted by Crippen LogP contribution is 2.28. The molecule has 0 fully saturated rings. The van der Waals surface area contributed by atoms with Crippen molar-refractivity contribution in [2.45, 2.75) is 0 Å². The van der Waals surface area contributed by atoms with Crippen molar-refractivity contribution in [2.75, 3.05) is 0 Å². The number of aromatic nitrogens is 2. The summed E-state index contributed by atoms with van der Waals surface area (Å²) in [4.78, 5) is 19.9. The van der Waals surface area contributed by atoms with Gasteiger partial charge >= 0.3 is 0 Å². The molecular formula is C22H15N3O2. The second-order valence-corrected chi connectivity index (χ2v) is 6.00. The standard InChI is InChI=1S/C22H15N3O2/c26-25(27)19-13-11-17(12-14-19)21-15-20(16-7-3-1-4-8-16)23-22(24-21)18-9-5-2-6-10-18/h1-15H. The Kier molecular flexibility index (Phi) is 4.41. The van der Waals surface area contributed by atoms with Gasteiger partial charge < -0.3 is 0 Å². The largest absolute Gasteiger partial charge is 0.269 e. The molecule has 0 amide bonds. The minimum atomic E-state index is -0.408. The Morgan fingerprint density at radius 3 is 1.63 bits per heavy atom. The number of benzene rings is 3. The molecule has 0 spiro atoms. The predicted molar refractivity (Wildman–Crippen MR) is 105 cm³/mol. The number of nitrogens with zero attached hydrogens (tertiary/aromatic N) is 3. The SMILES string of the molecule is O=[N+]([O-])c1ccc(-c2cc(-c3ccccc3)nc(-c3ccccc3)n2)cc1. The van der Waals surface area contributed by atoms with Gasteiger partial charge in [-0.1, -0.05) is 60.7 Å².